The summed E-state index contributed by atoms with van der Waals surface area (Å²) < 4.78 is 9.32. The van der Waals surface area contributed by atoms with Crippen LogP contribution in [-0.4, -0.2) is 28.6 Å². The first-order valence-corrected chi connectivity index (χ1v) is 13.0. The van der Waals surface area contributed by atoms with E-state index in [2.05, 4.69) is 63.9 Å². The van der Waals surface area contributed by atoms with Gasteiger partial charge in [0.1, 0.15) is 11.6 Å². The molecule has 0 aliphatic heterocycles. The Morgan fingerprint density at radius 2 is 1.77 bits per heavy atom. The molecule has 0 saturated carbocycles. The first kappa shape index (κ1) is 25.0. The standard InChI is InChI=1S/C29H32BrN3O2/c1-21-9-7-12-27(22(21)2)35-20-6-5-19-33-26-11-4-3-10-25(26)32-28(33)13-8-18-31-29(34)23-14-16-24(30)17-15-23/h3-4,7,9-12,14-17H,5-6,8,13,18-20H2,1-2H3,(H,31,34). The van der Waals surface area contributed by atoms with Crippen LogP contribution in [0.25, 0.3) is 11.0 Å². The number of nitrogens with one attached hydrogen (secondary N) is 1. The third kappa shape index (κ3) is 6.51. The number of carbonyl (C=O) groups is 1. The molecule has 4 aromatic rings. The summed E-state index contributed by atoms with van der Waals surface area (Å²) in [4.78, 5) is 17.2. The number of carbonyl (C=O) groups excluding carboxylic acids is 1. The molecule has 0 saturated heterocycles. The van der Waals surface area contributed by atoms with Crippen LogP contribution < -0.4 is 10.1 Å². The predicted molar refractivity (Wildman–Crippen MR) is 145 cm³/mol. The molecule has 6 heteroatoms. The Labute approximate surface area is 215 Å². The minimum absolute atomic E-state index is 0.0464. The van der Waals surface area contributed by atoms with Crippen LogP contribution in [0.15, 0.2) is 71.2 Å². The number of nitrogens with zero attached hydrogens (tertiary/aromatic N) is 2. The summed E-state index contributed by atoms with van der Waals surface area (Å²) >= 11 is 3.40. The predicted octanol–water partition coefficient (Wildman–Crippen LogP) is 6.64. The quantitative estimate of drug-likeness (QED) is 0.220. The molecule has 35 heavy (non-hydrogen) atoms. The highest BCUT2D eigenvalue weighted by Crippen LogP contribution is 2.21. The second kappa shape index (κ2) is 12.0. The lowest BCUT2D eigenvalue weighted by molar-refractivity contribution is 0.0953. The Morgan fingerprint density at radius 3 is 2.60 bits per heavy atom. The first-order valence-electron chi connectivity index (χ1n) is 12.2. The fourth-order valence-corrected chi connectivity index (χ4v) is 4.42. The summed E-state index contributed by atoms with van der Waals surface area (Å²) in [7, 11) is 0. The van der Waals surface area contributed by atoms with Crippen LogP contribution in [0.5, 0.6) is 5.75 Å². The summed E-state index contributed by atoms with van der Waals surface area (Å²) in [6.07, 6.45) is 3.64. The lowest BCUT2D eigenvalue weighted by atomic mass is 10.1. The van der Waals surface area contributed by atoms with E-state index in [4.69, 9.17) is 9.72 Å². The lowest BCUT2D eigenvalue weighted by Gasteiger charge is -2.12. The number of fused-ring (bicyclic) bond motifs is 1. The van der Waals surface area contributed by atoms with E-state index in [-0.39, 0.29) is 5.91 Å². The van der Waals surface area contributed by atoms with Crippen molar-refractivity contribution in [3.8, 4) is 5.75 Å². The zero-order valence-corrected chi connectivity index (χ0v) is 22.0. The number of hydrogen-bond acceptors (Lipinski definition) is 3. The van der Waals surface area contributed by atoms with E-state index in [9.17, 15) is 4.79 Å². The number of rotatable bonds is 11. The van der Waals surface area contributed by atoms with Crippen LogP contribution >= 0.6 is 15.9 Å². The molecule has 0 aliphatic carbocycles. The van der Waals surface area contributed by atoms with E-state index in [0.717, 1.165) is 59.3 Å². The van der Waals surface area contributed by atoms with Gasteiger partial charge in [0.05, 0.1) is 17.6 Å². The first-order chi connectivity index (χ1) is 17.0. The summed E-state index contributed by atoms with van der Waals surface area (Å²) in [6.45, 7) is 6.43. The molecule has 1 aromatic heterocycles. The minimum Gasteiger partial charge on any atom is -0.493 e. The SMILES string of the molecule is Cc1cccc(OCCCCn2c(CCCNC(=O)c3ccc(Br)cc3)nc3ccccc32)c1C. The van der Waals surface area contributed by atoms with Gasteiger partial charge in [-0.15, -0.1) is 0 Å². The average molecular weight is 534 g/mol. The van der Waals surface area contributed by atoms with Gasteiger partial charge in [-0.2, -0.15) is 0 Å². The molecular weight excluding hydrogens is 502 g/mol. The highest BCUT2D eigenvalue weighted by Gasteiger charge is 2.11. The van der Waals surface area contributed by atoms with E-state index in [1.165, 1.54) is 11.1 Å². The van der Waals surface area contributed by atoms with Gasteiger partial charge in [-0.05, 0) is 86.7 Å². The van der Waals surface area contributed by atoms with Crippen molar-refractivity contribution in [3.05, 3.63) is 93.7 Å². The van der Waals surface area contributed by atoms with Gasteiger partial charge in [-0.3, -0.25) is 4.79 Å². The van der Waals surface area contributed by atoms with Gasteiger partial charge in [0.15, 0.2) is 0 Å². The molecule has 5 nitrogen and oxygen atoms in total. The topological polar surface area (TPSA) is 56.1 Å². The largest absolute Gasteiger partial charge is 0.493 e. The number of para-hydroxylation sites is 2. The van der Waals surface area contributed by atoms with E-state index >= 15 is 0 Å². The van der Waals surface area contributed by atoms with Gasteiger partial charge >= 0.3 is 0 Å². The highest BCUT2D eigenvalue weighted by atomic mass is 79.9. The van der Waals surface area contributed by atoms with E-state index in [0.29, 0.717) is 18.7 Å². The maximum absolute atomic E-state index is 12.4. The van der Waals surface area contributed by atoms with Gasteiger partial charge in [0.25, 0.3) is 5.91 Å². The minimum atomic E-state index is -0.0464. The van der Waals surface area contributed by atoms with Crippen LogP contribution in [0.3, 0.4) is 0 Å². The summed E-state index contributed by atoms with van der Waals surface area (Å²) in [5, 5.41) is 3.02. The second-order valence-electron chi connectivity index (χ2n) is 8.79. The summed E-state index contributed by atoms with van der Waals surface area (Å²) in [5.41, 5.74) is 5.32. The van der Waals surface area contributed by atoms with Crippen molar-refractivity contribution in [3.63, 3.8) is 0 Å². The van der Waals surface area contributed by atoms with E-state index in [1.807, 2.05) is 42.5 Å². The van der Waals surface area contributed by atoms with Gasteiger partial charge in [0, 0.05) is 29.5 Å². The molecule has 0 spiro atoms. The molecule has 0 bridgehead atoms. The van der Waals surface area contributed by atoms with Gasteiger partial charge in [-0.1, -0.05) is 40.2 Å². The number of aromatic nitrogens is 2. The molecular formula is C29H32BrN3O2. The molecule has 0 atom stereocenters. The normalized spacial score (nSPS) is 11.1. The third-order valence-corrected chi connectivity index (χ3v) is 6.82. The van der Waals surface area contributed by atoms with Crippen molar-refractivity contribution in [1.82, 2.24) is 14.9 Å². The van der Waals surface area contributed by atoms with Crippen molar-refractivity contribution < 1.29 is 9.53 Å². The molecule has 1 N–H and O–H groups in total. The Balaban J connectivity index is 1.29. The highest BCUT2D eigenvalue weighted by molar-refractivity contribution is 9.10. The zero-order valence-electron chi connectivity index (χ0n) is 20.4. The van der Waals surface area contributed by atoms with Gasteiger partial charge < -0.3 is 14.6 Å². The molecule has 4 rings (SSSR count). The third-order valence-electron chi connectivity index (χ3n) is 6.29. The second-order valence-corrected chi connectivity index (χ2v) is 9.70. The molecule has 0 aliphatic rings. The number of halogens is 1. The molecule has 0 radical (unpaired) electrons. The smallest absolute Gasteiger partial charge is 0.251 e. The van der Waals surface area contributed by atoms with Crippen LogP contribution in [0.1, 0.15) is 46.6 Å². The number of hydrogen-bond donors (Lipinski definition) is 1. The maximum Gasteiger partial charge on any atom is 0.251 e. The van der Waals surface area contributed by atoms with Gasteiger partial charge in [-0.25, -0.2) is 4.98 Å². The van der Waals surface area contributed by atoms with Crippen molar-refractivity contribution in [2.75, 3.05) is 13.2 Å². The fraction of sp³-hybridized carbons (Fsp3) is 0.310. The number of ether oxygens (including phenoxy) is 1. The van der Waals surface area contributed by atoms with E-state index < -0.39 is 0 Å². The zero-order chi connectivity index (χ0) is 24.6. The number of benzene rings is 3. The number of unbranched alkanes of at least 4 members (excludes halogenated alkanes) is 1. The van der Waals surface area contributed by atoms with Crippen molar-refractivity contribution in [1.29, 1.82) is 0 Å². The molecule has 0 fully saturated rings. The molecule has 182 valence electrons. The monoisotopic (exact) mass is 533 g/mol. The van der Waals surface area contributed by atoms with Crippen molar-refractivity contribution >= 4 is 32.9 Å². The number of imidazole rings is 1. The van der Waals surface area contributed by atoms with Gasteiger partial charge in [0.2, 0.25) is 0 Å². The fourth-order valence-electron chi connectivity index (χ4n) is 4.15. The maximum atomic E-state index is 12.4. The Kier molecular flexibility index (Phi) is 8.59. The Bertz CT molecular complexity index is 1280. The van der Waals surface area contributed by atoms with Crippen LogP contribution in [0, 0.1) is 13.8 Å². The lowest BCUT2D eigenvalue weighted by Crippen LogP contribution is -2.25. The molecule has 1 amide bonds. The number of amides is 1. The molecule has 0 unspecified atom stereocenters. The molecule has 3 aromatic carbocycles. The Morgan fingerprint density at radius 1 is 0.971 bits per heavy atom. The average Bonchev–Trinajstić information content (AvgIpc) is 3.21. The number of aryl methyl sites for hydroxylation is 3. The Hall–Kier alpha value is -3.12. The summed E-state index contributed by atoms with van der Waals surface area (Å²) in [5.74, 6) is 2.00. The van der Waals surface area contributed by atoms with E-state index in [1.54, 1.807) is 0 Å². The van der Waals surface area contributed by atoms with Crippen LogP contribution in [-0.2, 0) is 13.0 Å². The summed E-state index contributed by atoms with van der Waals surface area (Å²) in [6, 6.07) is 21.9. The van der Waals surface area contributed by atoms with Crippen molar-refractivity contribution in [2.45, 2.75) is 46.1 Å². The van der Waals surface area contributed by atoms with Crippen LogP contribution in [0.2, 0.25) is 0 Å². The molecule has 1 heterocycles. The van der Waals surface area contributed by atoms with Crippen LogP contribution in [0.4, 0.5) is 0 Å². The van der Waals surface area contributed by atoms with Crippen molar-refractivity contribution in [2.24, 2.45) is 0 Å².